The van der Waals surface area contributed by atoms with Crippen molar-refractivity contribution in [2.75, 3.05) is 7.11 Å². The summed E-state index contributed by atoms with van der Waals surface area (Å²) in [5, 5.41) is 10.1. The van der Waals surface area contributed by atoms with Crippen LogP contribution in [0.25, 0.3) is 10.9 Å². The van der Waals surface area contributed by atoms with Crippen LogP contribution in [0.4, 0.5) is 0 Å². The highest BCUT2D eigenvalue weighted by atomic mass is 16.5. The molecule has 1 aromatic carbocycles. The number of ether oxygens (including phenoxy) is 1. The Balaban J connectivity index is 2.43. The smallest absolute Gasteiger partial charge is 0.0831 e. The monoisotopic (exact) mass is 191 g/mol. The van der Waals surface area contributed by atoms with Crippen molar-refractivity contribution >= 4 is 10.9 Å². The topological polar surface area (TPSA) is 45.2 Å². The Morgan fingerprint density at radius 3 is 2.93 bits per heavy atom. The maximum absolute atomic E-state index is 8.96. The van der Waals surface area contributed by atoms with Crippen molar-refractivity contribution in [3.05, 3.63) is 35.5 Å². The van der Waals surface area contributed by atoms with E-state index in [4.69, 9.17) is 9.84 Å². The van der Waals surface area contributed by atoms with Crippen molar-refractivity contribution < 1.29 is 9.84 Å². The van der Waals surface area contributed by atoms with Crippen molar-refractivity contribution in [2.24, 2.45) is 0 Å². The van der Waals surface area contributed by atoms with Crippen LogP contribution in [0.15, 0.2) is 24.3 Å². The SMILES string of the molecule is COCc1ccc2[nH]c(CO)cc2c1. The molecule has 0 atom stereocenters. The van der Waals surface area contributed by atoms with E-state index in [0.717, 1.165) is 22.2 Å². The van der Waals surface area contributed by atoms with Crippen molar-refractivity contribution in [1.82, 2.24) is 4.98 Å². The summed E-state index contributed by atoms with van der Waals surface area (Å²) >= 11 is 0. The van der Waals surface area contributed by atoms with E-state index in [2.05, 4.69) is 11.1 Å². The van der Waals surface area contributed by atoms with Gasteiger partial charge in [-0.1, -0.05) is 6.07 Å². The fraction of sp³-hybridized carbons (Fsp3) is 0.273. The van der Waals surface area contributed by atoms with Crippen LogP contribution in [0.3, 0.4) is 0 Å². The number of rotatable bonds is 3. The standard InChI is InChI=1S/C11H13NO2/c1-14-7-8-2-3-11-9(4-8)5-10(6-13)12-11/h2-5,12-13H,6-7H2,1H3. The van der Waals surface area contributed by atoms with E-state index in [0.29, 0.717) is 6.61 Å². The Morgan fingerprint density at radius 1 is 1.36 bits per heavy atom. The number of aliphatic hydroxyl groups is 1. The summed E-state index contributed by atoms with van der Waals surface area (Å²) in [6.45, 7) is 0.671. The van der Waals surface area contributed by atoms with Crippen LogP contribution >= 0.6 is 0 Å². The maximum Gasteiger partial charge on any atom is 0.0831 e. The first kappa shape index (κ1) is 9.24. The zero-order chi connectivity index (χ0) is 9.97. The van der Waals surface area contributed by atoms with Gasteiger partial charge in [0.25, 0.3) is 0 Å². The summed E-state index contributed by atoms with van der Waals surface area (Å²) in [6.07, 6.45) is 0. The molecule has 74 valence electrons. The maximum atomic E-state index is 8.96. The lowest BCUT2D eigenvalue weighted by molar-refractivity contribution is 0.185. The number of hydrogen-bond donors (Lipinski definition) is 2. The highest BCUT2D eigenvalue weighted by Gasteiger charge is 2.00. The molecule has 14 heavy (non-hydrogen) atoms. The molecule has 3 heteroatoms. The van der Waals surface area contributed by atoms with Gasteiger partial charge in [0.1, 0.15) is 0 Å². The Morgan fingerprint density at radius 2 is 2.21 bits per heavy atom. The molecule has 1 heterocycles. The third-order valence-corrected chi connectivity index (χ3v) is 2.22. The summed E-state index contributed by atoms with van der Waals surface area (Å²) in [6, 6.07) is 8.04. The van der Waals surface area contributed by atoms with E-state index in [-0.39, 0.29) is 6.61 Å². The van der Waals surface area contributed by atoms with E-state index >= 15 is 0 Å². The lowest BCUT2D eigenvalue weighted by Crippen LogP contribution is -1.85. The number of fused-ring (bicyclic) bond motifs is 1. The number of methoxy groups -OCH3 is 1. The number of aromatic amines is 1. The van der Waals surface area contributed by atoms with E-state index in [1.54, 1.807) is 7.11 Å². The molecule has 2 aromatic rings. The zero-order valence-corrected chi connectivity index (χ0v) is 8.08. The largest absolute Gasteiger partial charge is 0.390 e. The third-order valence-electron chi connectivity index (χ3n) is 2.22. The van der Waals surface area contributed by atoms with Crippen molar-refractivity contribution in [1.29, 1.82) is 0 Å². The number of aromatic nitrogens is 1. The third kappa shape index (κ3) is 1.64. The summed E-state index contributed by atoms with van der Waals surface area (Å²) in [7, 11) is 1.68. The predicted octanol–water partition coefficient (Wildman–Crippen LogP) is 1.81. The highest BCUT2D eigenvalue weighted by molar-refractivity contribution is 5.81. The second kappa shape index (κ2) is 3.82. The van der Waals surface area contributed by atoms with Gasteiger partial charge in [0, 0.05) is 23.7 Å². The molecule has 0 saturated carbocycles. The predicted molar refractivity (Wildman–Crippen MR) is 54.9 cm³/mol. The molecular weight excluding hydrogens is 178 g/mol. The van der Waals surface area contributed by atoms with Gasteiger partial charge in [-0.25, -0.2) is 0 Å². The van der Waals surface area contributed by atoms with E-state index in [1.807, 2.05) is 18.2 Å². The van der Waals surface area contributed by atoms with Gasteiger partial charge >= 0.3 is 0 Å². The van der Waals surface area contributed by atoms with Gasteiger partial charge in [-0.15, -0.1) is 0 Å². The lowest BCUT2D eigenvalue weighted by Gasteiger charge is -1.98. The average molecular weight is 191 g/mol. The second-order valence-corrected chi connectivity index (χ2v) is 3.31. The molecule has 3 nitrogen and oxygen atoms in total. The van der Waals surface area contributed by atoms with Crippen LogP contribution in [0, 0.1) is 0 Å². The first-order valence-electron chi connectivity index (χ1n) is 4.54. The Labute approximate surface area is 82.3 Å². The summed E-state index contributed by atoms with van der Waals surface area (Å²) in [4.78, 5) is 3.12. The molecule has 0 unspecified atom stereocenters. The van der Waals surface area contributed by atoms with Gasteiger partial charge in [0.15, 0.2) is 0 Å². The average Bonchev–Trinajstić information content (AvgIpc) is 2.60. The Kier molecular flexibility index (Phi) is 2.52. The van der Waals surface area contributed by atoms with Gasteiger partial charge in [-0.05, 0) is 23.8 Å². The second-order valence-electron chi connectivity index (χ2n) is 3.31. The van der Waals surface area contributed by atoms with Crippen molar-refractivity contribution in [3.8, 4) is 0 Å². The molecule has 0 aliphatic rings. The first-order chi connectivity index (χ1) is 6.83. The minimum atomic E-state index is 0.0499. The molecule has 2 rings (SSSR count). The summed E-state index contributed by atoms with van der Waals surface area (Å²) in [5.41, 5.74) is 3.03. The normalized spacial score (nSPS) is 11.0. The molecule has 0 bridgehead atoms. The van der Waals surface area contributed by atoms with Crippen LogP contribution in [0.1, 0.15) is 11.3 Å². The lowest BCUT2D eigenvalue weighted by atomic mass is 10.2. The van der Waals surface area contributed by atoms with Gasteiger partial charge in [0.05, 0.1) is 13.2 Å². The van der Waals surface area contributed by atoms with Crippen LogP contribution in [0.5, 0.6) is 0 Å². The Hall–Kier alpha value is -1.32. The van der Waals surface area contributed by atoms with Gasteiger partial charge in [-0.2, -0.15) is 0 Å². The van der Waals surface area contributed by atoms with E-state index in [9.17, 15) is 0 Å². The zero-order valence-electron chi connectivity index (χ0n) is 8.08. The molecule has 0 saturated heterocycles. The van der Waals surface area contributed by atoms with Crippen LogP contribution in [-0.2, 0) is 18.0 Å². The number of benzene rings is 1. The molecule has 0 fully saturated rings. The van der Waals surface area contributed by atoms with Gasteiger partial charge in [0.2, 0.25) is 0 Å². The molecular formula is C11H13NO2. The highest BCUT2D eigenvalue weighted by Crippen LogP contribution is 2.17. The van der Waals surface area contributed by atoms with Gasteiger partial charge in [-0.3, -0.25) is 0 Å². The molecule has 2 N–H and O–H groups in total. The molecule has 0 amide bonds. The fourth-order valence-corrected chi connectivity index (χ4v) is 1.58. The molecule has 0 aliphatic carbocycles. The van der Waals surface area contributed by atoms with E-state index < -0.39 is 0 Å². The van der Waals surface area contributed by atoms with Crippen molar-refractivity contribution in [3.63, 3.8) is 0 Å². The first-order valence-corrected chi connectivity index (χ1v) is 4.54. The quantitative estimate of drug-likeness (QED) is 0.777. The van der Waals surface area contributed by atoms with Crippen LogP contribution in [-0.4, -0.2) is 17.2 Å². The Bertz CT molecular complexity index is 434. The number of nitrogens with one attached hydrogen (secondary N) is 1. The molecule has 1 aromatic heterocycles. The fourth-order valence-electron chi connectivity index (χ4n) is 1.58. The van der Waals surface area contributed by atoms with Crippen LogP contribution in [0.2, 0.25) is 0 Å². The van der Waals surface area contributed by atoms with Gasteiger partial charge < -0.3 is 14.8 Å². The minimum absolute atomic E-state index is 0.0499. The number of aliphatic hydroxyl groups excluding tert-OH is 1. The molecule has 0 radical (unpaired) electrons. The molecule has 0 spiro atoms. The number of H-pyrrole nitrogens is 1. The minimum Gasteiger partial charge on any atom is -0.390 e. The van der Waals surface area contributed by atoms with Crippen LogP contribution < -0.4 is 0 Å². The summed E-state index contributed by atoms with van der Waals surface area (Å²) in [5.74, 6) is 0. The van der Waals surface area contributed by atoms with E-state index in [1.165, 1.54) is 0 Å². The van der Waals surface area contributed by atoms with Crippen molar-refractivity contribution in [2.45, 2.75) is 13.2 Å². The molecule has 0 aliphatic heterocycles. The number of hydrogen-bond acceptors (Lipinski definition) is 2. The summed E-state index contributed by atoms with van der Waals surface area (Å²) < 4.78 is 5.05.